The van der Waals surface area contributed by atoms with E-state index in [2.05, 4.69) is 4.98 Å². The third-order valence-corrected chi connectivity index (χ3v) is 5.29. The summed E-state index contributed by atoms with van der Waals surface area (Å²) < 4.78 is 12.3. The van der Waals surface area contributed by atoms with Crippen molar-refractivity contribution >= 4 is 17.5 Å². The second-order valence-corrected chi connectivity index (χ2v) is 7.28. The lowest BCUT2D eigenvalue weighted by Gasteiger charge is -2.34. The van der Waals surface area contributed by atoms with Gasteiger partial charge >= 0.3 is 0 Å². The van der Waals surface area contributed by atoms with Gasteiger partial charge in [-0.05, 0) is 36.8 Å². The van der Waals surface area contributed by atoms with Crippen LogP contribution in [0.25, 0.3) is 5.65 Å². The molecule has 3 aromatic rings. The van der Waals surface area contributed by atoms with Gasteiger partial charge in [0.1, 0.15) is 22.8 Å². The molecule has 3 heterocycles. The lowest BCUT2D eigenvalue weighted by Crippen LogP contribution is -2.50. The van der Waals surface area contributed by atoms with Crippen molar-refractivity contribution in [2.75, 3.05) is 40.4 Å². The molecule has 1 aromatic carbocycles. The fourth-order valence-corrected chi connectivity index (χ4v) is 3.57. The standard InChI is InChI=1S/C22H24N4O4/c1-15-4-5-26-14-19(23-20(26)10-15)22(28)25-8-6-24(7-9-25)21(27)16-11-17(29-2)13-18(12-16)30-3/h4-5,10-14H,6-9H2,1-3H3. The maximum Gasteiger partial charge on any atom is 0.274 e. The average Bonchev–Trinajstić information content (AvgIpc) is 3.21. The molecule has 1 saturated heterocycles. The highest BCUT2D eigenvalue weighted by Gasteiger charge is 2.27. The van der Waals surface area contributed by atoms with E-state index in [0.29, 0.717) is 48.9 Å². The Bertz CT molecular complexity index is 1080. The number of imidazole rings is 1. The zero-order valence-corrected chi connectivity index (χ0v) is 17.3. The van der Waals surface area contributed by atoms with Crippen LogP contribution in [-0.2, 0) is 0 Å². The van der Waals surface area contributed by atoms with Gasteiger partial charge in [0.2, 0.25) is 0 Å². The predicted molar refractivity (Wildman–Crippen MR) is 111 cm³/mol. The summed E-state index contributed by atoms with van der Waals surface area (Å²) in [6.45, 7) is 3.81. The molecule has 0 aliphatic carbocycles. The summed E-state index contributed by atoms with van der Waals surface area (Å²) in [4.78, 5) is 33.7. The van der Waals surface area contributed by atoms with Gasteiger partial charge in [0.15, 0.2) is 0 Å². The SMILES string of the molecule is COc1cc(OC)cc(C(=O)N2CCN(C(=O)c3cn4ccc(C)cc4n3)CC2)c1. The number of carbonyl (C=O) groups excluding carboxylic acids is 2. The molecule has 2 amide bonds. The number of fused-ring (bicyclic) bond motifs is 1. The zero-order valence-electron chi connectivity index (χ0n) is 17.3. The molecule has 8 nitrogen and oxygen atoms in total. The van der Waals surface area contributed by atoms with E-state index < -0.39 is 0 Å². The molecule has 0 atom stereocenters. The highest BCUT2D eigenvalue weighted by atomic mass is 16.5. The zero-order chi connectivity index (χ0) is 21.3. The number of rotatable bonds is 4. The Labute approximate surface area is 174 Å². The van der Waals surface area contributed by atoms with E-state index in [1.54, 1.807) is 48.4 Å². The summed E-state index contributed by atoms with van der Waals surface area (Å²) in [5.41, 5.74) is 2.76. The lowest BCUT2D eigenvalue weighted by molar-refractivity contribution is 0.0532. The van der Waals surface area contributed by atoms with Gasteiger partial charge in [0.05, 0.1) is 14.2 Å². The minimum Gasteiger partial charge on any atom is -0.497 e. The number of hydrogen-bond acceptors (Lipinski definition) is 5. The molecule has 4 rings (SSSR count). The molecule has 1 aliphatic rings. The number of methoxy groups -OCH3 is 2. The number of benzene rings is 1. The van der Waals surface area contributed by atoms with Crippen molar-refractivity contribution in [3.63, 3.8) is 0 Å². The summed E-state index contributed by atoms with van der Waals surface area (Å²) >= 11 is 0. The molecule has 0 unspecified atom stereocenters. The van der Waals surface area contributed by atoms with Crippen molar-refractivity contribution in [2.45, 2.75) is 6.92 Å². The monoisotopic (exact) mass is 408 g/mol. The van der Waals surface area contributed by atoms with E-state index in [0.717, 1.165) is 11.2 Å². The number of hydrogen-bond donors (Lipinski definition) is 0. The van der Waals surface area contributed by atoms with Crippen LogP contribution in [0.3, 0.4) is 0 Å². The third kappa shape index (κ3) is 3.80. The minimum absolute atomic E-state index is 0.109. The summed E-state index contributed by atoms with van der Waals surface area (Å²) in [7, 11) is 3.10. The van der Waals surface area contributed by atoms with Crippen LogP contribution in [0.1, 0.15) is 26.4 Å². The van der Waals surface area contributed by atoms with Gasteiger partial charge in [-0.1, -0.05) is 0 Å². The lowest BCUT2D eigenvalue weighted by atomic mass is 10.1. The number of ether oxygens (including phenoxy) is 2. The molecule has 8 heteroatoms. The van der Waals surface area contributed by atoms with Gasteiger partial charge in [0, 0.05) is 50.2 Å². The minimum atomic E-state index is -0.119. The molecule has 1 fully saturated rings. The van der Waals surface area contributed by atoms with Crippen LogP contribution < -0.4 is 9.47 Å². The second-order valence-electron chi connectivity index (χ2n) is 7.28. The fourth-order valence-electron chi connectivity index (χ4n) is 3.57. The Balaban J connectivity index is 1.44. The number of aromatic nitrogens is 2. The first-order chi connectivity index (χ1) is 14.5. The smallest absolute Gasteiger partial charge is 0.274 e. The Kier molecular flexibility index (Phi) is 5.31. The molecule has 0 spiro atoms. The molecule has 0 saturated carbocycles. The molecule has 1 aliphatic heterocycles. The molecular weight excluding hydrogens is 384 g/mol. The van der Waals surface area contributed by atoms with E-state index in [1.807, 2.05) is 29.7 Å². The van der Waals surface area contributed by atoms with Crippen LogP contribution in [0, 0.1) is 6.92 Å². The summed E-state index contributed by atoms with van der Waals surface area (Å²) in [5.74, 6) is 0.899. The maximum atomic E-state index is 12.9. The topological polar surface area (TPSA) is 76.4 Å². The number of carbonyl (C=O) groups is 2. The third-order valence-electron chi connectivity index (χ3n) is 5.29. The van der Waals surface area contributed by atoms with Crippen LogP contribution in [0.15, 0.2) is 42.7 Å². The first kappa shape index (κ1) is 19.8. The molecule has 0 radical (unpaired) electrons. The van der Waals surface area contributed by atoms with E-state index in [-0.39, 0.29) is 11.8 Å². The molecule has 0 bridgehead atoms. The fraction of sp³-hybridized carbons (Fsp3) is 0.318. The highest BCUT2D eigenvalue weighted by molar-refractivity contribution is 5.96. The van der Waals surface area contributed by atoms with Crippen LogP contribution in [0.2, 0.25) is 0 Å². The van der Waals surface area contributed by atoms with E-state index in [9.17, 15) is 9.59 Å². The van der Waals surface area contributed by atoms with Crippen LogP contribution in [0.5, 0.6) is 11.5 Å². The van der Waals surface area contributed by atoms with Crippen molar-refractivity contribution in [3.8, 4) is 11.5 Å². The largest absolute Gasteiger partial charge is 0.497 e. The first-order valence-corrected chi connectivity index (χ1v) is 9.75. The van der Waals surface area contributed by atoms with E-state index in [4.69, 9.17) is 9.47 Å². The summed E-state index contributed by atoms with van der Waals surface area (Å²) in [6.07, 6.45) is 3.64. The number of amides is 2. The van der Waals surface area contributed by atoms with Crippen molar-refractivity contribution in [1.29, 1.82) is 0 Å². The number of piperazine rings is 1. The quantitative estimate of drug-likeness (QED) is 0.662. The number of pyridine rings is 1. The van der Waals surface area contributed by atoms with Crippen molar-refractivity contribution < 1.29 is 19.1 Å². The highest BCUT2D eigenvalue weighted by Crippen LogP contribution is 2.24. The molecule has 30 heavy (non-hydrogen) atoms. The molecule has 2 aromatic heterocycles. The van der Waals surface area contributed by atoms with Gasteiger partial charge < -0.3 is 23.7 Å². The average molecular weight is 408 g/mol. The first-order valence-electron chi connectivity index (χ1n) is 9.75. The maximum absolute atomic E-state index is 12.9. The Morgan fingerprint density at radius 2 is 1.50 bits per heavy atom. The van der Waals surface area contributed by atoms with Crippen LogP contribution >= 0.6 is 0 Å². The van der Waals surface area contributed by atoms with Gasteiger partial charge in [-0.25, -0.2) is 4.98 Å². The normalized spacial score (nSPS) is 14.1. The van der Waals surface area contributed by atoms with Crippen LogP contribution in [-0.4, -0.2) is 71.4 Å². The summed E-state index contributed by atoms with van der Waals surface area (Å²) in [5, 5.41) is 0. The Hall–Kier alpha value is -3.55. The van der Waals surface area contributed by atoms with E-state index >= 15 is 0 Å². The van der Waals surface area contributed by atoms with Gasteiger partial charge in [-0.15, -0.1) is 0 Å². The van der Waals surface area contributed by atoms with Gasteiger partial charge in [-0.3, -0.25) is 9.59 Å². The Morgan fingerprint density at radius 3 is 2.10 bits per heavy atom. The van der Waals surface area contributed by atoms with Crippen molar-refractivity contribution in [2.24, 2.45) is 0 Å². The van der Waals surface area contributed by atoms with Crippen molar-refractivity contribution in [1.82, 2.24) is 19.2 Å². The number of nitrogens with zero attached hydrogens (tertiary/aromatic N) is 4. The van der Waals surface area contributed by atoms with E-state index in [1.165, 1.54) is 0 Å². The molecule has 156 valence electrons. The summed E-state index contributed by atoms with van der Waals surface area (Å²) in [6, 6.07) is 9.03. The van der Waals surface area contributed by atoms with Gasteiger partial charge in [0.25, 0.3) is 11.8 Å². The number of aryl methyl sites for hydroxylation is 1. The second kappa shape index (κ2) is 8.06. The molecule has 0 N–H and O–H groups in total. The predicted octanol–water partition coefficient (Wildman–Crippen LogP) is 2.26. The Morgan fingerprint density at radius 1 is 0.900 bits per heavy atom. The van der Waals surface area contributed by atoms with Crippen LogP contribution in [0.4, 0.5) is 0 Å². The van der Waals surface area contributed by atoms with Gasteiger partial charge in [-0.2, -0.15) is 0 Å². The molecular formula is C22H24N4O4. The van der Waals surface area contributed by atoms with Crippen molar-refractivity contribution in [3.05, 3.63) is 59.5 Å².